The summed E-state index contributed by atoms with van der Waals surface area (Å²) >= 11 is 0. The van der Waals surface area contributed by atoms with Crippen LogP contribution in [0.2, 0.25) is 0 Å². The number of sulfone groups is 1. The summed E-state index contributed by atoms with van der Waals surface area (Å²) in [5.41, 5.74) is 5.61. The SMILES string of the molecule is CS(=O)(=O)CCCNC1CC(N)C1. The van der Waals surface area contributed by atoms with Crippen molar-refractivity contribution in [1.29, 1.82) is 0 Å². The summed E-state index contributed by atoms with van der Waals surface area (Å²) in [4.78, 5) is 0. The molecule has 1 aliphatic carbocycles. The van der Waals surface area contributed by atoms with Crippen molar-refractivity contribution in [2.75, 3.05) is 18.6 Å². The summed E-state index contributed by atoms with van der Waals surface area (Å²) in [5.74, 6) is 0.277. The molecule has 5 heteroatoms. The minimum atomic E-state index is -2.79. The van der Waals surface area contributed by atoms with Gasteiger partial charge in [0.25, 0.3) is 0 Å². The summed E-state index contributed by atoms with van der Waals surface area (Å²) in [7, 11) is -2.79. The van der Waals surface area contributed by atoms with Crippen LogP contribution in [0.1, 0.15) is 19.3 Å². The largest absolute Gasteiger partial charge is 0.328 e. The molecular weight excluding hydrogens is 188 g/mol. The highest BCUT2D eigenvalue weighted by atomic mass is 32.2. The summed E-state index contributed by atoms with van der Waals surface area (Å²) in [6.07, 6.45) is 4.02. The van der Waals surface area contributed by atoms with E-state index in [0.29, 0.717) is 18.5 Å². The zero-order valence-electron chi connectivity index (χ0n) is 7.99. The molecule has 1 saturated carbocycles. The van der Waals surface area contributed by atoms with Gasteiger partial charge in [0.15, 0.2) is 0 Å². The van der Waals surface area contributed by atoms with E-state index in [1.807, 2.05) is 0 Å². The van der Waals surface area contributed by atoms with E-state index in [1.165, 1.54) is 6.26 Å². The fourth-order valence-electron chi connectivity index (χ4n) is 1.47. The summed E-state index contributed by atoms with van der Waals surface area (Å²) in [5, 5.41) is 3.28. The van der Waals surface area contributed by atoms with Crippen molar-refractivity contribution in [1.82, 2.24) is 5.32 Å². The highest BCUT2D eigenvalue weighted by Gasteiger charge is 2.24. The Morgan fingerprint density at radius 1 is 1.46 bits per heavy atom. The van der Waals surface area contributed by atoms with Gasteiger partial charge in [0, 0.05) is 18.3 Å². The molecule has 1 fully saturated rings. The maximum Gasteiger partial charge on any atom is 0.147 e. The lowest BCUT2D eigenvalue weighted by atomic mass is 9.88. The molecule has 1 aliphatic rings. The van der Waals surface area contributed by atoms with E-state index in [1.54, 1.807) is 0 Å². The molecule has 0 bridgehead atoms. The van der Waals surface area contributed by atoms with Crippen molar-refractivity contribution < 1.29 is 8.42 Å². The van der Waals surface area contributed by atoms with Crippen LogP contribution in [0.3, 0.4) is 0 Å². The van der Waals surface area contributed by atoms with Crippen LogP contribution in [0, 0.1) is 0 Å². The molecule has 78 valence electrons. The van der Waals surface area contributed by atoms with Gasteiger partial charge in [0.2, 0.25) is 0 Å². The van der Waals surface area contributed by atoms with Gasteiger partial charge in [0.1, 0.15) is 9.84 Å². The van der Waals surface area contributed by atoms with E-state index < -0.39 is 9.84 Å². The molecule has 1 rings (SSSR count). The summed E-state index contributed by atoms with van der Waals surface area (Å²) < 4.78 is 21.5. The van der Waals surface area contributed by atoms with Gasteiger partial charge < -0.3 is 11.1 Å². The molecule has 0 unspecified atom stereocenters. The van der Waals surface area contributed by atoms with Gasteiger partial charge in [-0.15, -0.1) is 0 Å². The predicted molar refractivity (Wildman–Crippen MR) is 53.3 cm³/mol. The first kappa shape index (κ1) is 10.9. The van der Waals surface area contributed by atoms with Crippen LogP contribution >= 0.6 is 0 Å². The van der Waals surface area contributed by atoms with Crippen molar-refractivity contribution in [3.63, 3.8) is 0 Å². The van der Waals surface area contributed by atoms with Crippen LogP contribution in [0.5, 0.6) is 0 Å². The molecule has 0 aromatic heterocycles. The molecule has 0 heterocycles. The molecule has 0 atom stereocenters. The average Bonchev–Trinajstić information content (AvgIpc) is 1.91. The molecule has 0 aliphatic heterocycles. The standard InChI is InChI=1S/C8H18N2O2S/c1-13(11,12)4-2-3-10-8-5-7(9)6-8/h7-8,10H,2-6,9H2,1H3. The van der Waals surface area contributed by atoms with Gasteiger partial charge in [-0.1, -0.05) is 0 Å². The first-order chi connectivity index (χ1) is 5.97. The van der Waals surface area contributed by atoms with Crippen LogP contribution in [-0.4, -0.2) is 39.1 Å². The summed E-state index contributed by atoms with van der Waals surface area (Å²) in [6, 6.07) is 0.877. The molecule has 13 heavy (non-hydrogen) atoms. The lowest BCUT2D eigenvalue weighted by molar-refractivity contribution is 0.293. The number of nitrogens with one attached hydrogen (secondary N) is 1. The van der Waals surface area contributed by atoms with E-state index in [2.05, 4.69) is 5.32 Å². The van der Waals surface area contributed by atoms with E-state index >= 15 is 0 Å². The van der Waals surface area contributed by atoms with Crippen molar-refractivity contribution in [2.45, 2.75) is 31.3 Å². The van der Waals surface area contributed by atoms with Crippen LogP contribution in [-0.2, 0) is 9.84 Å². The van der Waals surface area contributed by atoms with Gasteiger partial charge in [0.05, 0.1) is 5.75 Å². The second kappa shape index (κ2) is 4.39. The molecular formula is C8H18N2O2S. The number of hydrogen-bond donors (Lipinski definition) is 2. The van der Waals surface area contributed by atoms with E-state index in [-0.39, 0.29) is 5.75 Å². The molecule has 0 aromatic carbocycles. The highest BCUT2D eigenvalue weighted by Crippen LogP contribution is 2.16. The maximum atomic E-state index is 10.8. The van der Waals surface area contributed by atoms with Crippen LogP contribution in [0.25, 0.3) is 0 Å². The van der Waals surface area contributed by atoms with Gasteiger partial charge in [-0.2, -0.15) is 0 Å². The minimum Gasteiger partial charge on any atom is -0.328 e. The fraction of sp³-hybridized carbons (Fsp3) is 1.00. The Hall–Kier alpha value is -0.130. The number of hydrogen-bond acceptors (Lipinski definition) is 4. The third-order valence-corrected chi connectivity index (χ3v) is 3.33. The lowest BCUT2D eigenvalue weighted by Gasteiger charge is -2.33. The smallest absolute Gasteiger partial charge is 0.147 e. The molecule has 0 spiro atoms. The van der Waals surface area contributed by atoms with Crippen LogP contribution in [0.4, 0.5) is 0 Å². The Morgan fingerprint density at radius 3 is 2.54 bits per heavy atom. The second-order valence-corrected chi connectivity index (χ2v) is 6.13. The van der Waals surface area contributed by atoms with Crippen molar-refractivity contribution in [3.8, 4) is 0 Å². The molecule has 4 nitrogen and oxygen atoms in total. The Bertz CT molecular complexity index is 245. The van der Waals surface area contributed by atoms with Crippen molar-refractivity contribution >= 4 is 9.84 Å². The quantitative estimate of drug-likeness (QED) is 0.595. The van der Waals surface area contributed by atoms with Gasteiger partial charge in [-0.3, -0.25) is 0 Å². The number of rotatable bonds is 5. The first-order valence-corrected chi connectivity index (χ1v) is 6.70. The number of nitrogens with two attached hydrogens (primary N) is 1. The lowest BCUT2D eigenvalue weighted by Crippen LogP contribution is -2.48. The normalized spacial score (nSPS) is 28.5. The zero-order chi connectivity index (χ0) is 9.90. The van der Waals surface area contributed by atoms with E-state index in [9.17, 15) is 8.42 Å². The summed E-state index contributed by atoms with van der Waals surface area (Å²) in [6.45, 7) is 0.782. The van der Waals surface area contributed by atoms with E-state index in [4.69, 9.17) is 5.73 Å². The molecule has 0 radical (unpaired) electrons. The Morgan fingerprint density at radius 2 is 2.08 bits per heavy atom. The molecule has 0 saturated heterocycles. The fourth-order valence-corrected chi connectivity index (χ4v) is 2.14. The maximum absolute atomic E-state index is 10.8. The van der Waals surface area contributed by atoms with Gasteiger partial charge >= 0.3 is 0 Å². The second-order valence-electron chi connectivity index (χ2n) is 3.87. The third-order valence-electron chi connectivity index (χ3n) is 2.30. The molecule has 3 N–H and O–H groups in total. The van der Waals surface area contributed by atoms with Crippen molar-refractivity contribution in [2.24, 2.45) is 5.73 Å². The van der Waals surface area contributed by atoms with Crippen molar-refractivity contribution in [3.05, 3.63) is 0 Å². The molecule has 0 amide bonds. The Kier molecular flexibility index (Phi) is 3.70. The topological polar surface area (TPSA) is 72.2 Å². The van der Waals surface area contributed by atoms with Crippen LogP contribution in [0.15, 0.2) is 0 Å². The van der Waals surface area contributed by atoms with Gasteiger partial charge in [-0.05, 0) is 25.8 Å². The minimum absolute atomic E-state index is 0.277. The van der Waals surface area contributed by atoms with Gasteiger partial charge in [-0.25, -0.2) is 8.42 Å². The third kappa shape index (κ3) is 4.59. The average molecular weight is 206 g/mol. The molecule has 0 aromatic rings. The van der Waals surface area contributed by atoms with Crippen LogP contribution < -0.4 is 11.1 Å². The highest BCUT2D eigenvalue weighted by molar-refractivity contribution is 7.90. The predicted octanol–water partition coefficient (Wildman–Crippen LogP) is -0.500. The monoisotopic (exact) mass is 206 g/mol. The first-order valence-electron chi connectivity index (χ1n) is 4.64. The Balaban J connectivity index is 1.96. The zero-order valence-corrected chi connectivity index (χ0v) is 8.81. The van der Waals surface area contributed by atoms with E-state index in [0.717, 1.165) is 19.4 Å². The Labute approximate surface area is 79.8 Å².